The molecule has 7 heteroatoms. The normalized spacial score (nSPS) is 17.8. The van der Waals surface area contributed by atoms with Crippen molar-refractivity contribution < 1.29 is 4.79 Å². The highest BCUT2D eigenvalue weighted by Gasteiger charge is 2.30. The molecule has 0 unspecified atom stereocenters. The lowest BCUT2D eigenvalue weighted by molar-refractivity contribution is 0.102. The largest absolute Gasteiger partial charge is 0.321 e. The van der Waals surface area contributed by atoms with E-state index in [0.717, 1.165) is 37.3 Å². The molecular formula is C16H17ClN4OS. The molecule has 23 heavy (non-hydrogen) atoms. The van der Waals surface area contributed by atoms with Gasteiger partial charge in [0.25, 0.3) is 5.91 Å². The van der Waals surface area contributed by atoms with Crippen LogP contribution in [0.4, 0.5) is 5.69 Å². The van der Waals surface area contributed by atoms with Crippen LogP contribution in [0.1, 0.15) is 34.9 Å². The molecule has 5 nitrogen and oxygen atoms in total. The molecule has 3 N–H and O–H groups in total. The fraction of sp³-hybridized carbons (Fsp3) is 0.375. The van der Waals surface area contributed by atoms with E-state index in [-0.39, 0.29) is 11.6 Å². The summed E-state index contributed by atoms with van der Waals surface area (Å²) in [5.74, 6) is 0.163. The second kappa shape index (κ2) is 6.19. The average Bonchev–Trinajstić information content (AvgIpc) is 3.27. The van der Waals surface area contributed by atoms with Gasteiger partial charge in [-0.1, -0.05) is 11.6 Å². The summed E-state index contributed by atoms with van der Waals surface area (Å²) in [4.78, 5) is 13.5. The van der Waals surface area contributed by atoms with Crippen LogP contribution in [-0.4, -0.2) is 34.4 Å². The fourth-order valence-corrected chi connectivity index (χ4v) is 3.89. The third kappa shape index (κ3) is 3.24. The van der Waals surface area contributed by atoms with Crippen molar-refractivity contribution >= 4 is 35.0 Å². The quantitative estimate of drug-likeness (QED) is 0.775. The Morgan fingerprint density at radius 2 is 2.00 bits per heavy atom. The number of nitrogens with one attached hydrogen (secondary N) is 3. The highest BCUT2D eigenvalue weighted by molar-refractivity contribution is 8.00. The van der Waals surface area contributed by atoms with Gasteiger partial charge in [-0.15, -0.1) is 11.8 Å². The number of hydrogen-bond acceptors (Lipinski definition) is 4. The van der Waals surface area contributed by atoms with Crippen molar-refractivity contribution in [1.82, 2.24) is 15.5 Å². The standard InChI is InChI=1S/C16H17ClN4OS/c17-13-14(9-1-2-9)20-21-15(13)16(22)19-10-3-5-11(6-4-10)23-12-7-18-8-12/h3-6,9,12,18H,1-2,7-8H2,(H,19,22)(H,20,21). The predicted molar refractivity (Wildman–Crippen MR) is 92.5 cm³/mol. The number of hydrogen-bond donors (Lipinski definition) is 3. The Labute approximate surface area is 143 Å². The molecule has 2 heterocycles. The number of carbonyl (C=O) groups is 1. The van der Waals surface area contributed by atoms with Crippen molar-refractivity contribution in [3.63, 3.8) is 0 Å². The molecule has 1 saturated carbocycles. The van der Waals surface area contributed by atoms with E-state index in [9.17, 15) is 4.79 Å². The number of thioether (sulfide) groups is 1. The molecule has 0 spiro atoms. The molecule has 1 aromatic carbocycles. The van der Waals surface area contributed by atoms with Crippen LogP contribution in [-0.2, 0) is 0 Å². The van der Waals surface area contributed by atoms with E-state index in [1.54, 1.807) is 0 Å². The summed E-state index contributed by atoms with van der Waals surface area (Å²) in [6.45, 7) is 2.12. The first-order chi connectivity index (χ1) is 11.2. The third-order valence-electron chi connectivity index (χ3n) is 4.09. The van der Waals surface area contributed by atoms with Gasteiger partial charge in [-0.2, -0.15) is 5.10 Å². The molecule has 120 valence electrons. The van der Waals surface area contributed by atoms with Crippen LogP contribution in [0.2, 0.25) is 5.02 Å². The maximum Gasteiger partial charge on any atom is 0.277 e. The maximum absolute atomic E-state index is 12.3. The van der Waals surface area contributed by atoms with Gasteiger partial charge in [-0.05, 0) is 37.1 Å². The molecule has 2 fully saturated rings. The number of anilines is 1. The zero-order valence-electron chi connectivity index (χ0n) is 12.4. The number of benzene rings is 1. The lowest BCUT2D eigenvalue weighted by atomic mass is 10.2. The van der Waals surface area contributed by atoms with E-state index in [2.05, 4.69) is 20.8 Å². The molecule has 2 aliphatic rings. The van der Waals surface area contributed by atoms with Gasteiger partial charge < -0.3 is 10.6 Å². The number of amides is 1. The van der Waals surface area contributed by atoms with Crippen LogP contribution in [0.5, 0.6) is 0 Å². The highest BCUT2D eigenvalue weighted by atomic mass is 35.5. The molecule has 1 saturated heterocycles. The maximum atomic E-state index is 12.3. The van der Waals surface area contributed by atoms with Crippen molar-refractivity contribution in [1.29, 1.82) is 0 Å². The predicted octanol–water partition coefficient (Wildman–Crippen LogP) is 3.26. The van der Waals surface area contributed by atoms with Crippen molar-refractivity contribution in [2.24, 2.45) is 0 Å². The molecule has 1 aromatic heterocycles. The Kier molecular flexibility index (Phi) is 4.05. The molecule has 2 aromatic rings. The fourth-order valence-electron chi connectivity index (χ4n) is 2.48. The van der Waals surface area contributed by atoms with Crippen LogP contribution in [0.15, 0.2) is 29.2 Å². The van der Waals surface area contributed by atoms with Crippen LogP contribution >= 0.6 is 23.4 Å². The minimum atomic E-state index is -0.276. The van der Waals surface area contributed by atoms with Crippen molar-refractivity contribution in [3.8, 4) is 0 Å². The first kappa shape index (κ1) is 15.1. The van der Waals surface area contributed by atoms with Gasteiger partial charge in [-0.25, -0.2) is 0 Å². The van der Waals surface area contributed by atoms with Crippen LogP contribution in [0, 0.1) is 0 Å². The van der Waals surface area contributed by atoms with Gasteiger partial charge in [0.1, 0.15) is 0 Å². The van der Waals surface area contributed by atoms with E-state index < -0.39 is 0 Å². The van der Waals surface area contributed by atoms with Crippen molar-refractivity contribution in [2.45, 2.75) is 28.9 Å². The Morgan fingerprint density at radius 3 is 2.61 bits per heavy atom. The zero-order chi connectivity index (χ0) is 15.8. The number of rotatable bonds is 5. The second-order valence-corrected chi connectivity index (χ2v) is 7.70. The Bertz CT molecular complexity index is 722. The number of aromatic amines is 1. The molecule has 4 rings (SSSR count). The van der Waals surface area contributed by atoms with Gasteiger partial charge in [0.2, 0.25) is 0 Å². The lowest BCUT2D eigenvalue weighted by Crippen LogP contribution is -2.44. The molecule has 0 atom stereocenters. The molecule has 1 aliphatic heterocycles. The van der Waals surface area contributed by atoms with E-state index in [1.807, 2.05) is 36.0 Å². The SMILES string of the molecule is O=C(Nc1ccc(SC2CNC2)cc1)c1n[nH]c(C2CC2)c1Cl. The number of halogens is 1. The van der Waals surface area contributed by atoms with Crippen LogP contribution < -0.4 is 10.6 Å². The molecule has 0 radical (unpaired) electrons. The lowest BCUT2D eigenvalue weighted by Gasteiger charge is -2.26. The molecule has 0 bridgehead atoms. The number of carbonyl (C=O) groups excluding carboxylic acids is 1. The van der Waals surface area contributed by atoms with Gasteiger partial charge in [0.05, 0.1) is 10.7 Å². The Hall–Kier alpha value is -1.50. The summed E-state index contributed by atoms with van der Waals surface area (Å²) >= 11 is 8.12. The average molecular weight is 349 g/mol. The first-order valence-corrected chi connectivity index (χ1v) is 8.99. The zero-order valence-corrected chi connectivity index (χ0v) is 14.0. The number of H-pyrrole nitrogens is 1. The Balaban J connectivity index is 1.41. The van der Waals surface area contributed by atoms with E-state index in [4.69, 9.17) is 11.6 Å². The number of nitrogens with zero attached hydrogens (tertiary/aromatic N) is 1. The molecule has 1 amide bonds. The van der Waals surface area contributed by atoms with Gasteiger partial charge in [0.15, 0.2) is 5.69 Å². The highest BCUT2D eigenvalue weighted by Crippen LogP contribution is 2.42. The minimum Gasteiger partial charge on any atom is -0.321 e. The first-order valence-electron chi connectivity index (χ1n) is 7.73. The minimum absolute atomic E-state index is 0.271. The van der Waals surface area contributed by atoms with Crippen LogP contribution in [0.25, 0.3) is 0 Å². The Morgan fingerprint density at radius 1 is 1.26 bits per heavy atom. The topological polar surface area (TPSA) is 69.8 Å². The van der Waals surface area contributed by atoms with E-state index in [1.165, 1.54) is 4.90 Å². The summed E-state index contributed by atoms with van der Waals surface area (Å²) in [5.41, 5.74) is 1.91. The summed E-state index contributed by atoms with van der Waals surface area (Å²) in [7, 11) is 0. The summed E-state index contributed by atoms with van der Waals surface area (Å²) < 4.78 is 0. The summed E-state index contributed by atoms with van der Waals surface area (Å²) in [6.07, 6.45) is 2.22. The molecular weight excluding hydrogens is 332 g/mol. The summed E-state index contributed by atoms with van der Waals surface area (Å²) in [6, 6.07) is 7.88. The van der Waals surface area contributed by atoms with E-state index in [0.29, 0.717) is 16.2 Å². The van der Waals surface area contributed by atoms with Gasteiger partial charge >= 0.3 is 0 Å². The smallest absolute Gasteiger partial charge is 0.277 e. The number of aromatic nitrogens is 2. The summed E-state index contributed by atoms with van der Waals surface area (Å²) in [5, 5.41) is 14.2. The second-order valence-electron chi connectivity index (χ2n) is 5.95. The van der Waals surface area contributed by atoms with Crippen molar-refractivity contribution in [2.75, 3.05) is 18.4 Å². The molecule has 1 aliphatic carbocycles. The van der Waals surface area contributed by atoms with Crippen LogP contribution in [0.3, 0.4) is 0 Å². The third-order valence-corrected chi connectivity index (χ3v) is 5.69. The van der Waals surface area contributed by atoms with Gasteiger partial charge in [-0.3, -0.25) is 9.89 Å². The van der Waals surface area contributed by atoms with E-state index >= 15 is 0 Å². The monoisotopic (exact) mass is 348 g/mol. The van der Waals surface area contributed by atoms with Crippen molar-refractivity contribution in [3.05, 3.63) is 40.7 Å². The van der Waals surface area contributed by atoms with Gasteiger partial charge in [0, 0.05) is 34.8 Å².